The van der Waals surface area contributed by atoms with Gasteiger partial charge in [-0.1, -0.05) is 54.1 Å². The molecule has 5 heteroatoms. The molecule has 0 spiro atoms. The highest BCUT2D eigenvalue weighted by Gasteiger charge is 2.22. The molecule has 1 amide bonds. The second kappa shape index (κ2) is 9.97. The van der Waals surface area contributed by atoms with E-state index in [0.717, 1.165) is 11.1 Å². The number of rotatable bonds is 8. The number of carbonyl (C=O) groups excluding carboxylic acids is 2. The summed E-state index contributed by atoms with van der Waals surface area (Å²) in [7, 11) is 0. The number of ether oxygens (including phenoxy) is 1. The first-order valence-corrected chi connectivity index (χ1v) is 9.13. The molecule has 0 bridgehead atoms. The van der Waals surface area contributed by atoms with Gasteiger partial charge in [-0.05, 0) is 37.1 Å². The molecule has 2 aromatic carbocycles. The highest BCUT2D eigenvalue weighted by Crippen LogP contribution is 2.22. The summed E-state index contributed by atoms with van der Waals surface area (Å²) in [6.07, 6.45) is 0.439. The second-order valence-electron chi connectivity index (χ2n) is 6.03. The Morgan fingerprint density at radius 3 is 2.35 bits per heavy atom. The average molecular weight is 374 g/mol. The van der Waals surface area contributed by atoms with Crippen molar-refractivity contribution >= 4 is 23.5 Å². The highest BCUT2D eigenvalue weighted by atomic mass is 35.5. The number of halogens is 1. The van der Waals surface area contributed by atoms with Crippen molar-refractivity contribution in [1.82, 2.24) is 4.90 Å². The lowest BCUT2D eigenvalue weighted by Gasteiger charge is -2.29. The van der Waals surface area contributed by atoms with Gasteiger partial charge in [-0.25, -0.2) is 0 Å². The van der Waals surface area contributed by atoms with E-state index in [-0.39, 0.29) is 30.8 Å². The lowest BCUT2D eigenvalue weighted by atomic mass is 10.0. The van der Waals surface area contributed by atoms with Crippen LogP contribution in [0.25, 0.3) is 0 Å². The quantitative estimate of drug-likeness (QED) is 0.643. The van der Waals surface area contributed by atoms with Gasteiger partial charge in [0, 0.05) is 11.6 Å². The fourth-order valence-corrected chi connectivity index (χ4v) is 2.90. The normalized spacial score (nSPS) is 11.7. The molecule has 0 aromatic heterocycles. The van der Waals surface area contributed by atoms with Crippen molar-refractivity contribution in [2.45, 2.75) is 32.7 Å². The van der Waals surface area contributed by atoms with Gasteiger partial charge in [-0.2, -0.15) is 0 Å². The van der Waals surface area contributed by atoms with Gasteiger partial charge in [0.1, 0.15) is 0 Å². The van der Waals surface area contributed by atoms with E-state index < -0.39 is 0 Å². The van der Waals surface area contributed by atoms with Gasteiger partial charge in [0.25, 0.3) is 0 Å². The van der Waals surface area contributed by atoms with E-state index in [9.17, 15) is 9.59 Å². The van der Waals surface area contributed by atoms with Crippen molar-refractivity contribution in [3.63, 3.8) is 0 Å². The van der Waals surface area contributed by atoms with Crippen molar-refractivity contribution in [1.29, 1.82) is 0 Å². The standard InChI is InChI=1S/C21H24ClNO3/c1-3-26-21(25)13-14-23(16(2)18-7-5-4-6-8-18)20(24)15-17-9-11-19(22)12-10-17/h4-12,16H,3,13-15H2,1-2H3. The Morgan fingerprint density at radius 2 is 1.73 bits per heavy atom. The van der Waals surface area contributed by atoms with Crippen molar-refractivity contribution < 1.29 is 14.3 Å². The minimum atomic E-state index is -0.294. The maximum atomic E-state index is 12.9. The molecule has 1 atom stereocenters. The Hall–Kier alpha value is -2.33. The fourth-order valence-electron chi connectivity index (χ4n) is 2.77. The van der Waals surface area contributed by atoms with Crippen molar-refractivity contribution in [2.24, 2.45) is 0 Å². The Balaban J connectivity index is 2.14. The zero-order valence-corrected chi connectivity index (χ0v) is 15.9. The maximum Gasteiger partial charge on any atom is 0.307 e. The van der Waals surface area contributed by atoms with Crippen LogP contribution in [-0.4, -0.2) is 29.9 Å². The monoisotopic (exact) mass is 373 g/mol. The smallest absolute Gasteiger partial charge is 0.307 e. The summed E-state index contributed by atoms with van der Waals surface area (Å²) in [6, 6.07) is 16.9. The third-order valence-corrected chi connectivity index (χ3v) is 4.45. The van der Waals surface area contributed by atoms with Crippen LogP contribution in [0.4, 0.5) is 0 Å². The lowest BCUT2D eigenvalue weighted by Crippen LogP contribution is -2.36. The van der Waals surface area contributed by atoms with E-state index in [1.54, 1.807) is 24.0 Å². The van der Waals surface area contributed by atoms with Crippen LogP contribution in [0.3, 0.4) is 0 Å². The third kappa shape index (κ3) is 5.88. The number of amides is 1. The highest BCUT2D eigenvalue weighted by molar-refractivity contribution is 6.30. The van der Waals surface area contributed by atoms with E-state index in [1.165, 1.54) is 0 Å². The Labute approximate surface area is 159 Å². The molecule has 0 N–H and O–H groups in total. The van der Waals surface area contributed by atoms with Crippen molar-refractivity contribution in [3.8, 4) is 0 Å². The van der Waals surface area contributed by atoms with Crippen LogP contribution < -0.4 is 0 Å². The van der Waals surface area contributed by atoms with Crippen LogP contribution in [0.1, 0.15) is 37.4 Å². The van der Waals surface area contributed by atoms with Gasteiger partial charge in [-0.3, -0.25) is 9.59 Å². The molecule has 2 rings (SSSR count). The van der Waals surface area contributed by atoms with Crippen LogP contribution in [0.2, 0.25) is 5.02 Å². The molecule has 0 heterocycles. The molecular formula is C21H24ClNO3. The molecule has 0 aliphatic carbocycles. The predicted molar refractivity (Wildman–Crippen MR) is 103 cm³/mol. The van der Waals surface area contributed by atoms with Gasteiger partial charge in [0.2, 0.25) is 5.91 Å². The Bertz CT molecular complexity index is 716. The molecular weight excluding hydrogens is 350 g/mol. The summed E-state index contributed by atoms with van der Waals surface area (Å²) in [6.45, 7) is 4.40. The molecule has 0 fully saturated rings. The molecule has 138 valence electrons. The van der Waals surface area contributed by atoms with E-state index >= 15 is 0 Å². The largest absolute Gasteiger partial charge is 0.466 e. The topological polar surface area (TPSA) is 46.6 Å². The molecule has 0 radical (unpaired) electrons. The molecule has 4 nitrogen and oxygen atoms in total. The molecule has 0 saturated carbocycles. The average Bonchev–Trinajstić information content (AvgIpc) is 2.64. The first kappa shape index (κ1) is 20.0. The maximum absolute atomic E-state index is 12.9. The number of benzene rings is 2. The molecule has 0 aliphatic rings. The zero-order chi connectivity index (χ0) is 18.9. The number of carbonyl (C=O) groups is 2. The van der Waals surface area contributed by atoms with Crippen LogP contribution in [0.5, 0.6) is 0 Å². The SMILES string of the molecule is CCOC(=O)CCN(C(=O)Cc1ccc(Cl)cc1)C(C)c1ccccc1. The molecule has 0 aliphatic heterocycles. The van der Waals surface area contributed by atoms with E-state index in [2.05, 4.69) is 0 Å². The summed E-state index contributed by atoms with van der Waals surface area (Å²) in [4.78, 5) is 26.4. The molecule has 26 heavy (non-hydrogen) atoms. The van der Waals surface area contributed by atoms with Crippen molar-refractivity contribution in [2.75, 3.05) is 13.2 Å². The minimum Gasteiger partial charge on any atom is -0.466 e. The Kier molecular flexibility index (Phi) is 7.67. The summed E-state index contributed by atoms with van der Waals surface area (Å²) >= 11 is 5.91. The number of hydrogen-bond donors (Lipinski definition) is 0. The van der Waals surface area contributed by atoms with Crippen LogP contribution in [0, 0.1) is 0 Å². The van der Waals surface area contributed by atoms with E-state index in [1.807, 2.05) is 49.4 Å². The molecule has 2 aromatic rings. The summed E-state index contributed by atoms with van der Waals surface area (Å²) in [5.41, 5.74) is 1.92. The Morgan fingerprint density at radius 1 is 1.08 bits per heavy atom. The van der Waals surface area contributed by atoms with Gasteiger partial charge < -0.3 is 9.64 Å². The van der Waals surface area contributed by atoms with E-state index in [4.69, 9.17) is 16.3 Å². The fraction of sp³-hybridized carbons (Fsp3) is 0.333. The minimum absolute atomic E-state index is 0.0343. The molecule has 0 saturated heterocycles. The van der Waals surface area contributed by atoms with Gasteiger partial charge >= 0.3 is 5.97 Å². The first-order valence-electron chi connectivity index (χ1n) is 8.75. The number of nitrogens with zero attached hydrogens (tertiary/aromatic N) is 1. The van der Waals surface area contributed by atoms with E-state index in [0.29, 0.717) is 18.2 Å². The van der Waals surface area contributed by atoms with Gasteiger partial charge in [-0.15, -0.1) is 0 Å². The second-order valence-corrected chi connectivity index (χ2v) is 6.47. The van der Waals surface area contributed by atoms with Crippen molar-refractivity contribution in [3.05, 3.63) is 70.7 Å². The van der Waals surface area contributed by atoms with Crippen LogP contribution >= 0.6 is 11.6 Å². The summed E-state index contributed by atoms with van der Waals surface area (Å²) in [5, 5.41) is 0.637. The lowest BCUT2D eigenvalue weighted by molar-refractivity contribution is -0.144. The number of hydrogen-bond acceptors (Lipinski definition) is 3. The molecule has 1 unspecified atom stereocenters. The van der Waals surface area contributed by atoms with Gasteiger partial charge in [0.05, 0.1) is 25.5 Å². The van der Waals surface area contributed by atoms with Crippen LogP contribution in [-0.2, 0) is 20.7 Å². The first-order chi connectivity index (χ1) is 12.5. The van der Waals surface area contributed by atoms with Gasteiger partial charge in [0.15, 0.2) is 0 Å². The summed E-state index contributed by atoms with van der Waals surface area (Å²) < 4.78 is 5.00. The number of esters is 1. The summed E-state index contributed by atoms with van der Waals surface area (Å²) in [5.74, 6) is -0.329. The third-order valence-electron chi connectivity index (χ3n) is 4.20. The zero-order valence-electron chi connectivity index (χ0n) is 15.2. The predicted octanol–water partition coefficient (Wildman–Crippen LogP) is 4.43. The van der Waals surface area contributed by atoms with Crippen LogP contribution in [0.15, 0.2) is 54.6 Å².